The quantitative estimate of drug-likeness (QED) is 0.666. The molecule has 0 aromatic rings. The lowest BCUT2D eigenvalue weighted by atomic mass is 9.95. The van der Waals surface area contributed by atoms with Crippen molar-refractivity contribution in [3.05, 3.63) is 0 Å². The molecule has 16 heavy (non-hydrogen) atoms. The first-order valence-corrected chi connectivity index (χ1v) is 5.66. The van der Waals surface area contributed by atoms with E-state index in [1.807, 2.05) is 20.8 Å². The molecule has 3 heterocycles. The zero-order chi connectivity index (χ0) is 11.9. The van der Waals surface area contributed by atoms with Gasteiger partial charge in [0.15, 0.2) is 0 Å². The molecular weight excluding hydrogens is 210 g/mol. The number of hydrogen-bond acceptors (Lipinski definition) is 4. The Balaban J connectivity index is 1.99. The summed E-state index contributed by atoms with van der Waals surface area (Å²) in [5.74, 6) is 0. The zero-order valence-electron chi connectivity index (χ0n) is 9.97. The first kappa shape index (κ1) is 11.7. The van der Waals surface area contributed by atoms with Crippen LogP contribution in [0.4, 0.5) is 4.79 Å². The van der Waals surface area contributed by atoms with Crippen LogP contribution >= 0.6 is 0 Å². The molecule has 3 aliphatic rings. The van der Waals surface area contributed by atoms with E-state index in [4.69, 9.17) is 9.47 Å². The predicted octanol–water partition coefficient (Wildman–Crippen LogP) is 0.756. The van der Waals surface area contributed by atoms with Crippen molar-refractivity contribution in [2.24, 2.45) is 0 Å². The van der Waals surface area contributed by atoms with Crippen LogP contribution in [0.3, 0.4) is 0 Å². The van der Waals surface area contributed by atoms with Crippen LogP contribution in [0.15, 0.2) is 0 Å². The monoisotopic (exact) mass is 229 g/mol. The first-order chi connectivity index (χ1) is 7.37. The molecule has 3 atom stereocenters. The van der Waals surface area contributed by atoms with Crippen LogP contribution < -0.4 is 0 Å². The topological polar surface area (TPSA) is 59.0 Å². The Labute approximate surface area is 95.3 Å². The van der Waals surface area contributed by atoms with Gasteiger partial charge < -0.3 is 19.5 Å². The highest BCUT2D eigenvalue weighted by atomic mass is 16.6. The average molecular weight is 229 g/mol. The van der Waals surface area contributed by atoms with Gasteiger partial charge in [0.1, 0.15) is 11.7 Å². The zero-order valence-corrected chi connectivity index (χ0v) is 9.97. The molecule has 1 N–H and O–H groups in total. The maximum atomic E-state index is 11.9. The maximum absolute atomic E-state index is 11.9. The molecule has 92 valence electrons. The molecule has 0 spiro atoms. The Hall–Kier alpha value is -0.810. The van der Waals surface area contributed by atoms with E-state index in [0.29, 0.717) is 19.6 Å². The molecule has 0 aromatic heterocycles. The van der Waals surface area contributed by atoms with Gasteiger partial charge in [0, 0.05) is 0 Å². The summed E-state index contributed by atoms with van der Waals surface area (Å²) in [6, 6.07) is -0.0464. The number of morpholine rings is 1. The number of aliphatic hydroxyl groups excluding tert-OH is 1. The highest BCUT2D eigenvalue weighted by Gasteiger charge is 2.43. The Morgan fingerprint density at radius 2 is 2.19 bits per heavy atom. The van der Waals surface area contributed by atoms with Crippen LogP contribution in [0, 0.1) is 0 Å². The minimum absolute atomic E-state index is 0.0464. The van der Waals surface area contributed by atoms with Gasteiger partial charge in [0.25, 0.3) is 0 Å². The summed E-state index contributed by atoms with van der Waals surface area (Å²) in [6.07, 6.45) is -0.420. The van der Waals surface area contributed by atoms with Crippen molar-refractivity contribution in [3.8, 4) is 0 Å². The van der Waals surface area contributed by atoms with Crippen molar-refractivity contribution in [2.75, 3.05) is 13.2 Å². The summed E-state index contributed by atoms with van der Waals surface area (Å²) in [7, 11) is 0. The summed E-state index contributed by atoms with van der Waals surface area (Å²) in [5, 5.41) is 9.63. The van der Waals surface area contributed by atoms with Gasteiger partial charge in [-0.25, -0.2) is 4.79 Å². The Kier molecular flexibility index (Phi) is 2.84. The predicted molar refractivity (Wildman–Crippen MR) is 57.1 cm³/mol. The van der Waals surface area contributed by atoms with E-state index in [2.05, 4.69) is 0 Å². The number of ether oxygens (including phenoxy) is 2. The summed E-state index contributed by atoms with van der Waals surface area (Å²) >= 11 is 0. The second-order valence-electron chi connectivity index (χ2n) is 5.46. The van der Waals surface area contributed by atoms with Gasteiger partial charge in [-0.2, -0.15) is 0 Å². The van der Waals surface area contributed by atoms with E-state index in [0.717, 1.165) is 0 Å². The van der Waals surface area contributed by atoms with Crippen LogP contribution in [-0.2, 0) is 9.47 Å². The Morgan fingerprint density at radius 3 is 2.62 bits per heavy atom. The van der Waals surface area contributed by atoms with Crippen molar-refractivity contribution in [2.45, 2.75) is 51.0 Å². The van der Waals surface area contributed by atoms with E-state index in [9.17, 15) is 9.90 Å². The van der Waals surface area contributed by atoms with Gasteiger partial charge in [-0.1, -0.05) is 0 Å². The molecule has 1 amide bonds. The molecule has 2 bridgehead atoms. The first-order valence-electron chi connectivity index (χ1n) is 5.66. The van der Waals surface area contributed by atoms with E-state index in [-0.39, 0.29) is 18.2 Å². The third-order valence-corrected chi connectivity index (χ3v) is 2.89. The number of carbonyl (C=O) groups is 1. The fraction of sp³-hybridized carbons (Fsp3) is 0.909. The number of piperidine rings is 1. The molecule has 3 saturated heterocycles. The maximum Gasteiger partial charge on any atom is 0.410 e. The molecule has 5 heteroatoms. The number of amides is 1. The van der Waals surface area contributed by atoms with Gasteiger partial charge in [0.05, 0.1) is 25.3 Å². The van der Waals surface area contributed by atoms with Gasteiger partial charge in [0.2, 0.25) is 0 Å². The van der Waals surface area contributed by atoms with Gasteiger partial charge in [-0.05, 0) is 27.2 Å². The highest BCUT2D eigenvalue weighted by molar-refractivity contribution is 5.69. The molecule has 0 saturated carbocycles. The Morgan fingerprint density at radius 1 is 1.50 bits per heavy atom. The van der Waals surface area contributed by atoms with E-state index >= 15 is 0 Å². The lowest BCUT2D eigenvalue weighted by Crippen LogP contribution is -2.62. The van der Waals surface area contributed by atoms with Gasteiger partial charge >= 0.3 is 6.09 Å². The normalized spacial score (nSPS) is 34.0. The van der Waals surface area contributed by atoms with E-state index < -0.39 is 11.7 Å². The van der Waals surface area contributed by atoms with Crippen LogP contribution in [0.2, 0.25) is 0 Å². The molecule has 3 rings (SSSR count). The smallest absolute Gasteiger partial charge is 0.410 e. The molecule has 0 aromatic carbocycles. The lowest BCUT2D eigenvalue weighted by Gasteiger charge is -2.47. The number of nitrogens with zero attached hydrogens (tertiary/aromatic N) is 1. The number of hydrogen-bond donors (Lipinski definition) is 1. The van der Waals surface area contributed by atoms with E-state index in [1.165, 1.54) is 0 Å². The van der Waals surface area contributed by atoms with Crippen molar-refractivity contribution >= 4 is 6.09 Å². The Bertz CT molecular complexity index is 286. The third kappa shape index (κ3) is 2.30. The molecular formula is C11H19NO4. The number of carbonyl (C=O) groups excluding carboxylic acids is 1. The third-order valence-electron chi connectivity index (χ3n) is 2.89. The lowest BCUT2D eigenvalue weighted by molar-refractivity contribution is -0.159. The average Bonchev–Trinajstić information content (AvgIpc) is 2.15. The van der Waals surface area contributed by atoms with Crippen molar-refractivity contribution in [1.82, 2.24) is 4.90 Å². The fourth-order valence-electron chi connectivity index (χ4n) is 2.12. The second-order valence-corrected chi connectivity index (χ2v) is 5.46. The van der Waals surface area contributed by atoms with E-state index in [1.54, 1.807) is 4.90 Å². The van der Waals surface area contributed by atoms with Crippen LogP contribution in [-0.4, -0.2) is 53.1 Å². The van der Waals surface area contributed by atoms with Gasteiger partial charge in [-0.15, -0.1) is 0 Å². The summed E-state index contributed by atoms with van der Waals surface area (Å²) in [4.78, 5) is 13.5. The number of aliphatic hydroxyl groups is 1. The fourth-order valence-corrected chi connectivity index (χ4v) is 2.12. The number of fused-ring (bicyclic) bond motifs is 3. The highest BCUT2D eigenvalue weighted by Crippen LogP contribution is 2.28. The van der Waals surface area contributed by atoms with Gasteiger partial charge in [-0.3, -0.25) is 0 Å². The second kappa shape index (κ2) is 3.89. The summed E-state index contributed by atoms with van der Waals surface area (Å²) in [5.41, 5.74) is -0.479. The molecule has 5 nitrogen and oxygen atoms in total. The largest absolute Gasteiger partial charge is 0.444 e. The minimum atomic E-state index is -0.479. The summed E-state index contributed by atoms with van der Waals surface area (Å²) < 4.78 is 10.7. The van der Waals surface area contributed by atoms with Crippen LogP contribution in [0.25, 0.3) is 0 Å². The van der Waals surface area contributed by atoms with Crippen molar-refractivity contribution in [1.29, 1.82) is 0 Å². The van der Waals surface area contributed by atoms with Crippen LogP contribution in [0.1, 0.15) is 27.2 Å². The van der Waals surface area contributed by atoms with Crippen molar-refractivity contribution in [3.63, 3.8) is 0 Å². The molecule has 0 aliphatic carbocycles. The standard InChI is InChI=1S/C11H19NO4/c1-11(2,3)16-10(14)12-5-9-8(13)4-7(12)6-15-9/h7-9,13H,4-6H2,1-3H3. The SMILES string of the molecule is CC(C)(C)OC(=O)N1CC2OCC1CC2O. The van der Waals surface area contributed by atoms with Crippen molar-refractivity contribution < 1.29 is 19.4 Å². The van der Waals surface area contributed by atoms with Crippen LogP contribution in [0.5, 0.6) is 0 Å². The number of rotatable bonds is 0. The molecule has 0 radical (unpaired) electrons. The minimum Gasteiger partial charge on any atom is -0.444 e. The molecule has 3 unspecified atom stereocenters. The molecule has 3 aliphatic heterocycles. The summed E-state index contributed by atoms with van der Waals surface area (Å²) in [6.45, 7) is 6.47. The molecule has 3 fully saturated rings.